The topological polar surface area (TPSA) is 61.8 Å². The van der Waals surface area contributed by atoms with Crippen molar-refractivity contribution in [2.24, 2.45) is 0 Å². The quantitative estimate of drug-likeness (QED) is 0.883. The van der Waals surface area contributed by atoms with Crippen LogP contribution in [-0.2, 0) is 4.74 Å². The van der Waals surface area contributed by atoms with E-state index >= 15 is 0 Å². The van der Waals surface area contributed by atoms with Crippen molar-refractivity contribution < 1.29 is 14.6 Å². The highest BCUT2D eigenvalue weighted by Crippen LogP contribution is 2.21. The molecular formula is C16H22N2O3. The zero-order chi connectivity index (χ0) is 14.7. The van der Waals surface area contributed by atoms with Crippen LogP contribution in [0.4, 0.5) is 0 Å². The van der Waals surface area contributed by atoms with Crippen LogP contribution in [-0.4, -0.2) is 54.3 Å². The molecule has 2 aliphatic rings. The Kier molecular flexibility index (Phi) is 4.41. The Morgan fingerprint density at radius 2 is 2.05 bits per heavy atom. The number of para-hydroxylation sites is 1. The van der Waals surface area contributed by atoms with Gasteiger partial charge in [0.1, 0.15) is 5.75 Å². The third-order valence-corrected chi connectivity index (χ3v) is 4.40. The first-order valence-corrected chi connectivity index (χ1v) is 7.66. The van der Waals surface area contributed by atoms with Crippen molar-refractivity contribution in [2.45, 2.75) is 31.3 Å². The van der Waals surface area contributed by atoms with E-state index in [1.807, 2.05) is 0 Å². The van der Waals surface area contributed by atoms with E-state index in [1.165, 1.54) is 18.9 Å². The molecule has 5 heteroatoms. The number of phenols is 1. The van der Waals surface area contributed by atoms with Gasteiger partial charge in [-0.1, -0.05) is 12.1 Å². The van der Waals surface area contributed by atoms with E-state index in [4.69, 9.17) is 4.74 Å². The molecule has 0 radical (unpaired) electrons. The SMILES string of the molecule is O=C(NC1CCOCC1N1CCCC1)c1ccccc1O. The Labute approximate surface area is 124 Å². The van der Waals surface area contributed by atoms with Gasteiger partial charge in [0.25, 0.3) is 5.91 Å². The molecule has 2 heterocycles. The molecule has 1 aromatic carbocycles. The largest absolute Gasteiger partial charge is 0.507 e. The average molecular weight is 290 g/mol. The number of carbonyl (C=O) groups is 1. The van der Waals surface area contributed by atoms with Crippen LogP contribution in [0.5, 0.6) is 5.75 Å². The molecule has 2 fully saturated rings. The molecule has 1 aromatic rings. The number of amides is 1. The zero-order valence-corrected chi connectivity index (χ0v) is 12.1. The van der Waals surface area contributed by atoms with Gasteiger partial charge in [0.2, 0.25) is 0 Å². The number of benzene rings is 1. The van der Waals surface area contributed by atoms with Crippen molar-refractivity contribution >= 4 is 5.91 Å². The fourth-order valence-electron chi connectivity index (χ4n) is 3.24. The van der Waals surface area contributed by atoms with Gasteiger partial charge in [0.05, 0.1) is 18.2 Å². The summed E-state index contributed by atoms with van der Waals surface area (Å²) in [7, 11) is 0. The van der Waals surface area contributed by atoms with Gasteiger partial charge in [-0.25, -0.2) is 0 Å². The fourth-order valence-corrected chi connectivity index (χ4v) is 3.24. The maximum Gasteiger partial charge on any atom is 0.255 e. The molecule has 2 aliphatic heterocycles. The third-order valence-electron chi connectivity index (χ3n) is 4.40. The van der Waals surface area contributed by atoms with Crippen LogP contribution >= 0.6 is 0 Å². The van der Waals surface area contributed by atoms with Crippen LogP contribution in [0, 0.1) is 0 Å². The summed E-state index contributed by atoms with van der Waals surface area (Å²) in [6.45, 7) is 3.51. The minimum Gasteiger partial charge on any atom is -0.507 e. The van der Waals surface area contributed by atoms with Crippen molar-refractivity contribution in [1.82, 2.24) is 10.2 Å². The Morgan fingerprint density at radius 3 is 2.81 bits per heavy atom. The Morgan fingerprint density at radius 1 is 1.29 bits per heavy atom. The highest BCUT2D eigenvalue weighted by molar-refractivity contribution is 5.96. The van der Waals surface area contributed by atoms with E-state index in [9.17, 15) is 9.90 Å². The summed E-state index contributed by atoms with van der Waals surface area (Å²) in [5.74, 6) is -0.177. The summed E-state index contributed by atoms with van der Waals surface area (Å²) in [5.41, 5.74) is 0.337. The normalized spacial score (nSPS) is 26.7. The number of nitrogens with zero attached hydrogens (tertiary/aromatic N) is 1. The lowest BCUT2D eigenvalue weighted by Crippen LogP contribution is -2.55. The highest BCUT2D eigenvalue weighted by Gasteiger charge is 2.33. The molecule has 2 N–H and O–H groups in total. The fraction of sp³-hybridized carbons (Fsp3) is 0.562. The van der Waals surface area contributed by atoms with Crippen LogP contribution in [0.25, 0.3) is 0 Å². The predicted molar refractivity (Wildman–Crippen MR) is 79.4 cm³/mol. The van der Waals surface area contributed by atoms with Crippen molar-refractivity contribution in [3.63, 3.8) is 0 Å². The van der Waals surface area contributed by atoms with Crippen LogP contribution in [0.2, 0.25) is 0 Å². The van der Waals surface area contributed by atoms with Gasteiger partial charge in [-0.05, 0) is 44.5 Å². The third kappa shape index (κ3) is 3.19. The maximum absolute atomic E-state index is 12.4. The minimum atomic E-state index is -0.204. The Balaban J connectivity index is 1.69. The monoisotopic (exact) mass is 290 g/mol. The number of hydrogen-bond donors (Lipinski definition) is 2. The summed E-state index contributed by atoms with van der Waals surface area (Å²) in [6, 6.07) is 7.00. The van der Waals surface area contributed by atoms with Gasteiger partial charge in [-0.3, -0.25) is 9.69 Å². The van der Waals surface area contributed by atoms with Gasteiger partial charge in [0.15, 0.2) is 0 Å². The van der Waals surface area contributed by atoms with Crippen molar-refractivity contribution in [2.75, 3.05) is 26.3 Å². The molecule has 0 spiro atoms. The number of likely N-dealkylation sites (tertiary alicyclic amines) is 1. The minimum absolute atomic E-state index is 0.0276. The van der Waals surface area contributed by atoms with Crippen LogP contribution in [0.1, 0.15) is 29.6 Å². The Bertz CT molecular complexity index is 500. The molecule has 5 nitrogen and oxygen atoms in total. The highest BCUT2D eigenvalue weighted by atomic mass is 16.5. The van der Waals surface area contributed by atoms with Crippen LogP contribution in [0.15, 0.2) is 24.3 Å². The number of aromatic hydroxyl groups is 1. The molecule has 2 atom stereocenters. The van der Waals surface area contributed by atoms with Gasteiger partial charge >= 0.3 is 0 Å². The van der Waals surface area contributed by atoms with E-state index in [2.05, 4.69) is 10.2 Å². The molecule has 0 saturated carbocycles. The van der Waals surface area contributed by atoms with Crippen molar-refractivity contribution in [3.8, 4) is 5.75 Å². The molecule has 2 saturated heterocycles. The predicted octanol–water partition coefficient (Wildman–Crippen LogP) is 1.38. The number of carbonyl (C=O) groups excluding carboxylic acids is 1. The van der Waals surface area contributed by atoms with E-state index in [0.29, 0.717) is 18.8 Å². The number of ether oxygens (including phenoxy) is 1. The van der Waals surface area contributed by atoms with Crippen molar-refractivity contribution in [3.05, 3.63) is 29.8 Å². The summed E-state index contributed by atoms with van der Waals surface area (Å²) in [5, 5.41) is 12.9. The molecule has 21 heavy (non-hydrogen) atoms. The summed E-state index contributed by atoms with van der Waals surface area (Å²) >= 11 is 0. The lowest BCUT2D eigenvalue weighted by molar-refractivity contribution is 0.00575. The molecule has 2 unspecified atom stereocenters. The summed E-state index contributed by atoms with van der Waals surface area (Å²) in [4.78, 5) is 14.8. The molecule has 0 aliphatic carbocycles. The number of rotatable bonds is 3. The summed E-state index contributed by atoms with van der Waals surface area (Å²) in [6.07, 6.45) is 3.26. The second-order valence-electron chi connectivity index (χ2n) is 5.77. The second-order valence-corrected chi connectivity index (χ2v) is 5.77. The molecule has 1 amide bonds. The molecule has 0 aromatic heterocycles. The number of hydrogen-bond acceptors (Lipinski definition) is 4. The van der Waals surface area contributed by atoms with Gasteiger partial charge in [-0.15, -0.1) is 0 Å². The van der Waals surface area contributed by atoms with Gasteiger partial charge in [-0.2, -0.15) is 0 Å². The number of nitrogens with one attached hydrogen (secondary N) is 1. The van der Waals surface area contributed by atoms with E-state index < -0.39 is 0 Å². The lowest BCUT2D eigenvalue weighted by Gasteiger charge is -2.38. The van der Waals surface area contributed by atoms with Gasteiger partial charge < -0.3 is 15.2 Å². The molecular weight excluding hydrogens is 268 g/mol. The van der Waals surface area contributed by atoms with Crippen molar-refractivity contribution in [1.29, 1.82) is 0 Å². The smallest absolute Gasteiger partial charge is 0.255 e. The standard InChI is InChI=1S/C16H22N2O3/c19-15-6-2-1-5-12(15)16(20)17-13-7-10-21-11-14(13)18-8-3-4-9-18/h1-2,5-6,13-14,19H,3-4,7-11H2,(H,17,20). The van der Waals surface area contributed by atoms with E-state index in [1.54, 1.807) is 18.2 Å². The van der Waals surface area contributed by atoms with Crippen LogP contribution in [0.3, 0.4) is 0 Å². The van der Waals surface area contributed by atoms with Gasteiger partial charge in [0, 0.05) is 12.6 Å². The first-order valence-electron chi connectivity index (χ1n) is 7.66. The molecule has 0 bridgehead atoms. The second kappa shape index (κ2) is 6.45. The molecule has 114 valence electrons. The van der Waals surface area contributed by atoms with E-state index in [-0.39, 0.29) is 23.7 Å². The summed E-state index contributed by atoms with van der Waals surface area (Å²) < 4.78 is 5.59. The first kappa shape index (κ1) is 14.4. The average Bonchev–Trinajstić information content (AvgIpc) is 3.02. The Hall–Kier alpha value is -1.59. The lowest BCUT2D eigenvalue weighted by atomic mass is 10.0. The van der Waals surface area contributed by atoms with E-state index in [0.717, 1.165) is 19.5 Å². The molecule has 3 rings (SSSR count). The maximum atomic E-state index is 12.4. The first-order chi connectivity index (χ1) is 10.3. The number of phenolic OH excluding ortho intramolecular Hbond substituents is 1. The zero-order valence-electron chi connectivity index (χ0n) is 12.1. The van der Waals surface area contributed by atoms with Crippen LogP contribution < -0.4 is 5.32 Å².